The van der Waals surface area contributed by atoms with Gasteiger partial charge in [0.25, 0.3) is 0 Å². The number of benzene rings is 3. The highest BCUT2D eigenvalue weighted by Gasteiger charge is 2.14. The summed E-state index contributed by atoms with van der Waals surface area (Å²) in [4.78, 5) is 11.1. The number of ether oxygens (including phenoxy) is 1. The average Bonchev–Trinajstić information content (AvgIpc) is 3.25. The molecule has 4 aromatic rings. The van der Waals surface area contributed by atoms with Crippen molar-refractivity contribution in [3.8, 4) is 28.7 Å². The zero-order chi connectivity index (χ0) is 25.7. The van der Waals surface area contributed by atoms with Gasteiger partial charge in [-0.15, -0.1) is 17.3 Å². The lowest BCUT2D eigenvalue weighted by molar-refractivity contribution is -0.137. The number of fused-ring (bicyclic) bond motifs is 1. The summed E-state index contributed by atoms with van der Waals surface area (Å²) in [5.41, 5.74) is 5.90. The van der Waals surface area contributed by atoms with Crippen molar-refractivity contribution in [3.05, 3.63) is 88.3 Å². The number of carbonyl (C=O) groups is 1. The van der Waals surface area contributed by atoms with Crippen LogP contribution in [0.4, 0.5) is 0 Å². The van der Waals surface area contributed by atoms with Crippen LogP contribution in [0.5, 0.6) is 5.75 Å². The molecule has 36 heavy (non-hydrogen) atoms. The van der Waals surface area contributed by atoms with Gasteiger partial charge in [0.15, 0.2) is 0 Å². The van der Waals surface area contributed by atoms with Crippen LogP contribution in [0.15, 0.2) is 66.0 Å². The van der Waals surface area contributed by atoms with Gasteiger partial charge in [-0.2, -0.15) is 0 Å². The van der Waals surface area contributed by atoms with E-state index in [9.17, 15) is 13.6 Å². The van der Waals surface area contributed by atoms with Gasteiger partial charge in [-0.3, -0.25) is 9.00 Å². The maximum atomic E-state index is 11.1. The maximum absolute atomic E-state index is 11.1. The molecular weight excluding hydrogens is 492 g/mol. The summed E-state index contributed by atoms with van der Waals surface area (Å²) in [5, 5.41) is 12.4. The monoisotopic (exact) mass is 517 g/mol. The third kappa shape index (κ3) is 6.21. The van der Waals surface area contributed by atoms with Gasteiger partial charge in [0, 0.05) is 21.4 Å². The summed E-state index contributed by atoms with van der Waals surface area (Å²) >= 11 is -0.435. The van der Waals surface area contributed by atoms with Crippen LogP contribution in [0.2, 0.25) is 0 Å². The molecular formula is C29H25O5S2-. The van der Waals surface area contributed by atoms with Gasteiger partial charge in [-0.1, -0.05) is 53.4 Å². The second-order valence-corrected chi connectivity index (χ2v) is 10.3. The fourth-order valence-electron chi connectivity index (χ4n) is 4.19. The lowest BCUT2D eigenvalue weighted by Gasteiger charge is -2.12. The van der Waals surface area contributed by atoms with Crippen LogP contribution in [0.25, 0.3) is 21.2 Å². The molecule has 0 bridgehead atoms. The zero-order valence-corrected chi connectivity index (χ0v) is 21.6. The Morgan fingerprint density at radius 3 is 2.50 bits per heavy atom. The summed E-state index contributed by atoms with van der Waals surface area (Å²) in [6.07, 6.45) is -0.0373. The van der Waals surface area contributed by atoms with E-state index in [1.807, 2.05) is 49.4 Å². The quantitative estimate of drug-likeness (QED) is 0.205. The highest BCUT2D eigenvalue weighted by molar-refractivity contribution is 7.78. The third-order valence-electron chi connectivity index (χ3n) is 5.89. The number of hydrogen-bond acceptors (Lipinski definition) is 5. The molecule has 0 fully saturated rings. The predicted octanol–water partition coefficient (Wildman–Crippen LogP) is 6.42. The Labute approximate surface area is 217 Å². The van der Waals surface area contributed by atoms with Crippen LogP contribution >= 0.6 is 11.3 Å². The molecule has 0 radical (unpaired) electrons. The number of carboxylic acids is 1. The van der Waals surface area contributed by atoms with Crippen molar-refractivity contribution in [2.45, 2.75) is 38.5 Å². The molecule has 184 valence electrons. The molecule has 1 N–H and O–H groups in total. The van der Waals surface area contributed by atoms with Crippen molar-refractivity contribution < 1.29 is 23.4 Å². The fourth-order valence-corrected chi connectivity index (χ4v) is 5.59. The van der Waals surface area contributed by atoms with Gasteiger partial charge in [0.1, 0.15) is 12.4 Å². The van der Waals surface area contributed by atoms with Gasteiger partial charge in [0.05, 0.1) is 12.3 Å². The van der Waals surface area contributed by atoms with Crippen molar-refractivity contribution in [2.75, 3.05) is 0 Å². The summed E-state index contributed by atoms with van der Waals surface area (Å²) in [5.74, 6) is 5.25. The number of aryl methyl sites for hydroxylation is 1. The SMILES string of the molecule is CC#C[C@@H](CC(=O)O)c1ccc(OCc2ccc3scc(-c4ccc(CS(=O)[O-])cc4C)c3c2)cc1. The molecule has 4 rings (SSSR count). The van der Waals surface area contributed by atoms with Gasteiger partial charge in [-0.05, 0) is 71.3 Å². The summed E-state index contributed by atoms with van der Waals surface area (Å²) in [7, 11) is 0. The van der Waals surface area contributed by atoms with Crippen LogP contribution in [0, 0.1) is 18.8 Å². The van der Waals surface area contributed by atoms with Crippen LogP contribution in [-0.4, -0.2) is 19.8 Å². The standard InChI is InChI=1S/C29H26O5S2/c1-3-4-23(15-29(30)31)22-7-9-24(10-8-22)34-16-20-6-12-28-26(14-20)27(17-35-28)25-11-5-21(13-19(25)2)18-36(32)33/h5-14,17,23H,15-16,18H2,1-2H3,(H,30,31)(H,32,33)/p-1/t23-/m0/s1. The summed E-state index contributed by atoms with van der Waals surface area (Å²) in [6, 6.07) is 19.5. The molecule has 0 saturated heterocycles. The van der Waals surface area contributed by atoms with E-state index in [2.05, 4.69) is 35.4 Å². The largest absolute Gasteiger partial charge is 0.772 e. The van der Waals surface area contributed by atoms with Gasteiger partial charge < -0.3 is 14.4 Å². The Morgan fingerprint density at radius 2 is 1.83 bits per heavy atom. The van der Waals surface area contributed by atoms with Crippen LogP contribution in [0.3, 0.4) is 0 Å². The Bertz CT molecular complexity index is 1480. The second-order valence-electron chi connectivity index (χ2n) is 8.48. The third-order valence-corrected chi connectivity index (χ3v) is 7.42. The van der Waals surface area contributed by atoms with E-state index >= 15 is 0 Å². The number of hydrogen-bond donors (Lipinski definition) is 1. The van der Waals surface area contributed by atoms with E-state index < -0.39 is 17.0 Å². The number of aliphatic carboxylic acids is 1. The topological polar surface area (TPSA) is 86.7 Å². The van der Waals surface area contributed by atoms with Crippen LogP contribution < -0.4 is 4.74 Å². The second kappa shape index (κ2) is 11.5. The van der Waals surface area contributed by atoms with Gasteiger partial charge >= 0.3 is 5.97 Å². The van der Waals surface area contributed by atoms with Crippen molar-refractivity contribution in [2.24, 2.45) is 0 Å². The molecule has 3 aromatic carbocycles. The van der Waals surface area contributed by atoms with Gasteiger partial charge in [0.2, 0.25) is 0 Å². The minimum Gasteiger partial charge on any atom is -0.772 e. The first kappa shape index (κ1) is 25.6. The first-order chi connectivity index (χ1) is 17.3. The Morgan fingerprint density at radius 1 is 1.08 bits per heavy atom. The molecule has 0 aliphatic carbocycles. The van der Waals surface area contributed by atoms with Crippen molar-refractivity contribution in [1.29, 1.82) is 0 Å². The maximum Gasteiger partial charge on any atom is 0.304 e. The summed E-state index contributed by atoms with van der Waals surface area (Å²) in [6.45, 7) is 4.10. The Kier molecular flexibility index (Phi) is 8.21. The molecule has 5 nitrogen and oxygen atoms in total. The molecule has 1 aromatic heterocycles. The molecule has 1 unspecified atom stereocenters. The summed E-state index contributed by atoms with van der Waals surface area (Å²) < 4.78 is 29.3. The number of carboxylic acid groups (broad SMARTS) is 1. The first-order valence-electron chi connectivity index (χ1n) is 11.4. The van der Waals surface area contributed by atoms with Crippen molar-refractivity contribution >= 4 is 38.5 Å². The normalized spacial score (nSPS) is 12.5. The van der Waals surface area contributed by atoms with Crippen LogP contribution in [-0.2, 0) is 28.2 Å². The number of thiophene rings is 1. The fraction of sp³-hybridized carbons (Fsp3) is 0.207. The highest BCUT2D eigenvalue weighted by Crippen LogP contribution is 2.36. The molecule has 0 aliphatic rings. The molecule has 2 atom stereocenters. The van der Waals surface area contributed by atoms with Gasteiger partial charge in [-0.25, -0.2) is 0 Å². The van der Waals surface area contributed by atoms with Crippen molar-refractivity contribution in [3.63, 3.8) is 0 Å². The molecule has 0 amide bonds. The molecule has 0 spiro atoms. The minimum atomic E-state index is -2.11. The Balaban J connectivity index is 1.51. The van der Waals surface area contributed by atoms with Crippen molar-refractivity contribution in [1.82, 2.24) is 0 Å². The van der Waals surface area contributed by atoms with E-state index in [0.29, 0.717) is 12.4 Å². The van der Waals surface area contributed by atoms with E-state index in [1.54, 1.807) is 18.3 Å². The zero-order valence-electron chi connectivity index (χ0n) is 19.9. The van der Waals surface area contributed by atoms with Crippen LogP contribution in [0.1, 0.15) is 41.5 Å². The lowest BCUT2D eigenvalue weighted by atomic mass is 9.96. The smallest absolute Gasteiger partial charge is 0.304 e. The highest BCUT2D eigenvalue weighted by atomic mass is 32.2. The first-order valence-corrected chi connectivity index (χ1v) is 13.5. The molecule has 1 heterocycles. The minimum absolute atomic E-state index is 0.0141. The van der Waals surface area contributed by atoms with E-state index in [0.717, 1.165) is 38.8 Å². The van der Waals surface area contributed by atoms with E-state index in [4.69, 9.17) is 9.84 Å². The number of rotatable bonds is 9. The molecule has 0 aliphatic heterocycles. The average molecular weight is 518 g/mol. The Hall–Kier alpha value is -3.44. The molecule has 7 heteroatoms. The predicted molar refractivity (Wildman–Crippen MR) is 144 cm³/mol. The van der Waals surface area contributed by atoms with E-state index in [1.165, 1.54) is 4.70 Å². The molecule has 0 saturated carbocycles. The lowest BCUT2D eigenvalue weighted by Crippen LogP contribution is -2.04. The van der Waals surface area contributed by atoms with E-state index in [-0.39, 0.29) is 18.1 Å².